The standard InChI is InChI=1S/C16H12ClFN2O/c17-12-7-6-10(21)8-11(12)16-19-15-13(18)2-1-3-14(15)20(16)9-4-5-9/h1-3,6-9,21H,4-5H2. The monoisotopic (exact) mass is 302 g/mol. The van der Waals surface area contributed by atoms with Crippen molar-refractivity contribution in [1.29, 1.82) is 0 Å². The van der Waals surface area contributed by atoms with E-state index >= 15 is 0 Å². The molecule has 0 radical (unpaired) electrons. The van der Waals surface area contributed by atoms with Gasteiger partial charge in [-0.1, -0.05) is 17.7 Å². The SMILES string of the molecule is Oc1ccc(Cl)c(-c2nc3c(F)cccc3n2C2CC2)c1. The predicted octanol–water partition coefficient (Wildman–Crippen LogP) is 4.54. The van der Waals surface area contributed by atoms with Gasteiger partial charge in [-0.2, -0.15) is 0 Å². The van der Waals surface area contributed by atoms with Gasteiger partial charge in [0, 0.05) is 11.6 Å². The van der Waals surface area contributed by atoms with Gasteiger partial charge in [-0.15, -0.1) is 0 Å². The summed E-state index contributed by atoms with van der Waals surface area (Å²) >= 11 is 6.24. The third kappa shape index (κ3) is 1.98. The highest BCUT2D eigenvalue weighted by Crippen LogP contribution is 2.43. The van der Waals surface area contributed by atoms with Crippen LogP contribution in [0.25, 0.3) is 22.4 Å². The van der Waals surface area contributed by atoms with Crippen LogP contribution in [0.15, 0.2) is 36.4 Å². The number of rotatable bonds is 2. The summed E-state index contributed by atoms with van der Waals surface area (Å²) in [5.41, 5.74) is 1.74. The van der Waals surface area contributed by atoms with E-state index in [0.717, 1.165) is 18.4 Å². The van der Waals surface area contributed by atoms with Crippen molar-refractivity contribution in [3.8, 4) is 17.1 Å². The lowest BCUT2D eigenvalue weighted by atomic mass is 10.2. The molecule has 1 aliphatic rings. The highest BCUT2D eigenvalue weighted by Gasteiger charge is 2.30. The molecule has 1 fully saturated rings. The number of fused-ring (bicyclic) bond motifs is 1. The average molecular weight is 303 g/mol. The highest BCUT2D eigenvalue weighted by atomic mass is 35.5. The van der Waals surface area contributed by atoms with Crippen LogP contribution < -0.4 is 0 Å². The fourth-order valence-electron chi connectivity index (χ4n) is 2.66. The van der Waals surface area contributed by atoms with Gasteiger partial charge < -0.3 is 9.67 Å². The summed E-state index contributed by atoms with van der Waals surface area (Å²) < 4.78 is 16.0. The summed E-state index contributed by atoms with van der Waals surface area (Å²) in [5, 5.41) is 10.2. The van der Waals surface area contributed by atoms with E-state index in [1.54, 1.807) is 18.2 Å². The fourth-order valence-corrected chi connectivity index (χ4v) is 2.86. The van der Waals surface area contributed by atoms with Crippen LogP contribution >= 0.6 is 11.6 Å². The van der Waals surface area contributed by atoms with Crippen molar-refractivity contribution in [3.05, 3.63) is 47.2 Å². The van der Waals surface area contributed by atoms with Crippen LogP contribution in [0.2, 0.25) is 5.02 Å². The van der Waals surface area contributed by atoms with Crippen molar-refractivity contribution < 1.29 is 9.50 Å². The molecule has 0 bridgehead atoms. The lowest BCUT2D eigenvalue weighted by Gasteiger charge is -2.09. The van der Waals surface area contributed by atoms with E-state index in [9.17, 15) is 9.50 Å². The zero-order chi connectivity index (χ0) is 14.6. The Morgan fingerprint density at radius 2 is 2.05 bits per heavy atom. The molecule has 2 aromatic carbocycles. The first-order valence-electron chi connectivity index (χ1n) is 6.80. The van der Waals surface area contributed by atoms with E-state index in [1.807, 2.05) is 10.6 Å². The molecule has 1 aromatic heterocycles. The van der Waals surface area contributed by atoms with Crippen molar-refractivity contribution in [2.75, 3.05) is 0 Å². The molecular weight excluding hydrogens is 291 g/mol. The molecule has 1 heterocycles. The van der Waals surface area contributed by atoms with Crippen LogP contribution in [0, 0.1) is 5.82 Å². The molecule has 0 atom stereocenters. The smallest absolute Gasteiger partial charge is 0.151 e. The van der Waals surface area contributed by atoms with Gasteiger partial charge in [0.05, 0.1) is 10.5 Å². The molecule has 0 amide bonds. The summed E-state index contributed by atoms with van der Waals surface area (Å²) in [4.78, 5) is 4.44. The number of halogens is 2. The summed E-state index contributed by atoms with van der Waals surface area (Å²) in [7, 11) is 0. The molecule has 0 saturated heterocycles. The summed E-state index contributed by atoms with van der Waals surface area (Å²) in [6.45, 7) is 0. The number of nitrogens with zero attached hydrogens (tertiary/aromatic N) is 2. The second-order valence-corrected chi connectivity index (χ2v) is 5.72. The number of aromatic hydroxyl groups is 1. The summed E-state index contributed by atoms with van der Waals surface area (Å²) in [5.74, 6) is 0.382. The zero-order valence-electron chi connectivity index (χ0n) is 11.1. The molecule has 0 aliphatic heterocycles. The number of benzene rings is 2. The maximum Gasteiger partial charge on any atom is 0.151 e. The summed E-state index contributed by atoms with van der Waals surface area (Å²) in [6.07, 6.45) is 2.09. The third-order valence-electron chi connectivity index (χ3n) is 3.77. The number of aromatic nitrogens is 2. The Kier molecular flexibility index (Phi) is 2.69. The number of hydrogen-bond donors (Lipinski definition) is 1. The Balaban J connectivity index is 2.06. The van der Waals surface area contributed by atoms with E-state index in [4.69, 9.17) is 11.6 Å². The molecule has 3 nitrogen and oxygen atoms in total. The second kappa shape index (κ2) is 4.46. The molecule has 21 heavy (non-hydrogen) atoms. The van der Waals surface area contributed by atoms with Crippen LogP contribution in [-0.2, 0) is 0 Å². The normalized spacial score (nSPS) is 14.8. The number of hydrogen-bond acceptors (Lipinski definition) is 2. The molecule has 1 saturated carbocycles. The Morgan fingerprint density at radius 1 is 1.24 bits per heavy atom. The van der Waals surface area contributed by atoms with E-state index in [-0.39, 0.29) is 11.6 Å². The molecule has 3 aromatic rings. The van der Waals surface area contributed by atoms with Gasteiger partial charge in [0.15, 0.2) is 5.82 Å². The first kappa shape index (κ1) is 12.7. The molecule has 4 rings (SSSR count). The van der Waals surface area contributed by atoms with Crippen molar-refractivity contribution in [1.82, 2.24) is 9.55 Å². The maximum atomic E-state index is 14.0. The first-order chi connectivity index (χ1) is 10.1. The van der Waals surface area contributed by atoms with Crippen molar-refractivity contribution in [3.63, 3.8) is 0 Å². The van der Waals surface area contributed by atoms with Crippen LogP contribution in [0.3, 0.4) is 0 Å². The van der Waals surface area contributed by atoms with Gasteiger partial charge in [-0.05, 0) is 43.2 Å². The van der Waals surface area contributed by atoms with Gasteiger partial charge in [-0.3, -0.25) is 0 Å². The molecular formula is C16H12ClFN2O. The van der Waals surface area contributed by atoms with E-state index in [2.05, 4.69) is 4.98 Å². The Hall–Kier alpha value is -2.07. The zero-order valence-corrected chi connectivity index (χ0v) is 11.8. The Morgan fingerprint density at radius 3 is 2.81 bits per heavy atom. The minimum absolute atomic E-state index is 0.115. The molecule has 106 valence electrons. The largest absolute Gasteiger partial charge is 0.508 e. The number of phenolic OH excluding ortho intramolecular Hbond substituents is 1. The third-order valence-corrected chi connectivity index (χ3v) is 4.10. The van der Waals surface area contributed by atoms with Crippen LogP contribution in [-0.4, -0.2) is 14.7 Å². The molecule has 5 heteroatoms. The lowest BCUT2D eigenvalue weighted by Crippen LogP contribution is -1.97. The van der Waals surface area contributed by atoms with Gasteiger partial charge in [0.1, 0.15) is 17.1 Å². The van der Waals surface area contributed by atoms with E-state index < -0.39 is 0 Å². The van der Waals surface area contributed by atoms with Crippen LogP contribution in [0.4, 0.5) is 4.39 Å². The van der Waals surface area contributed by atoms with Crippen LogP contribution in [0.1, 0.15) is 18.9 Å². The van der Waals surface area contributed by atoms with Crippen molar-refractivity contribution in [2.24, 2.45) is 0 Å². The topological polar surface area (TPSA) is 38.1 Å². The Bertz CT molecular complexity index is 855. The first-order valence-corrected chi connectivity index (χ1v) is 7.18. The molecule has 0 spiro atoms. The van der Waals surface area contributed by atoms with E-state index in [1.165, 1.54) is 12.1 Å². The average Bonchev–Trinajstić information content (AvgIpc) is 3.22. The number of para-hydroxylation sites is 1. The number of imidazole rings is 1. The maximum absolute atomic E-state index is 14.0. The van der Waals surface area contributed by atoms with E-state index in [0.29, 0.717) is 28.0 Å². The molecule has 0 unspecified atom stereocenters. The fraction of sp³-hybridized carbons (Fsp3) is 0.188. The summed E-state index contributed by atoms with van der Waals surface area (Å²) in [6, 6.07) is 10.00. The number of phenols is 1. The minimum Gasteiger partial charge on any atom is -0.508 e. The van der Waals surface area contributed by atoms with Crippen molar-refractivity contribution in [2.45, 2.75) is 18.9 Å². The molecule has 1 aliphatic carbocycles. The Labute approximate surface area is 125 Å². The lowest BCUT2D eigenvalue weighted by molar-refractivity contribution is 0.475. The van der Waals surface area contributed by atoms with Gasteiger partial charge in [0.25, 0.3) is 0 Å². The van der Waals surface area contributed by atoms with Gasteiger partial charge >= 0.3 is 0 Å². The van der Waals surface area contributed by atoms with Gasteiger partial charge in [-0.25, -0.2) is 9.37 Å². The van der Waals surface area contributed by atoms with Crippen molar-refractivity contribution >= 4 is 22.6 Å². The minimum atomic E-state index is -0.343. The molecule has 1 N–H and O–H groups in total. The van der Waals surface area contributed by atoms with Crippen LogP contribution in [0.5, 0.6) is 5.75 Å². The predicted molar refractivity (Wildman–Crippen MR) is 80.1 cm³/mol. The quantitative estimate of drug-likeness (QED) is 0.755. The highest BCUT2D eigenvalue weighted by molar-refractivity contribution is 6.33. The second-order valence-electron chi connectivity index (χ2n) is 5.31. The van der Waals surface area contributed by atoms with Gasteiger partial charge in [0.2, 0.25) is 0 Å².